The molecule has 0 radical (unpaired) electrons. The number of amides is 2. The van der Waals surface area contributed by atoms with Gasteiger partial charge in [0, 0.05) is 47.8 Å². The van der Waals surface area contributed by atoms with Gasteiger partial charge in [0.25, 0.3) is 0 Å². The summed E-state index contributed by atoms with van der Waals surface area (Å²) >= 11 is 1.37. The number of carbonyl (C=O) groups excluding carboxylic acids is 2. The van der Waals surface area contributed by atoms with E-state index in [4.69, 9.17) is 14.2 Å². The smallest absolute Gasteiger partial charge is 0.225 e. The number of nitrogens with zero attached hydrogens (tertiary/aromatic N) is 3. The van der Waals surface area contributed by atoms with E-state index in [-0.39, 0.29) is 18.2 Å². The molecule has 10 heteroatoms. The Bertz CT molecular complexity index is 1410. The molecule has 1 aromatic carbocycles. The number of aromatic nitrogens is 1. The van der Waals surface area contributed by atoms with Gasteiger partial charge in [0.1, 0.15) is 28.3 Å². The maximum Gasteiger partial charge on any atom is 0.225 e. The maximum absolute atomic E-state index is 13.0. The van der Waals surface area contributed by atoms with E-state index in [2.05, 4.69) is 16.4 Å². The van der Waals surface area contributed by atoms with Gasteiger partial charge in [0.15, 0.2) is 0 Å². The van der Waals surface area contributed by atoms with Crippen LogP contribution in [0.15, 0.2) is 30.3 Å². The van der Waals surface area contributed by atoms with E-state index in [0.717, 1.165) is 33.1 Å². The summed E-state index contributed by atoms with van der Waals surface area (Å²) in [5.74, 6) is 1.96. The highest BCUT2D eigenvalue weighted by molar-refractivity contribution is 7.16. The van der Waals surface area contributed by atoms with E-state index >= 15 is 0 Å². The van der Waals surface area contributed by atoms with E-state index in [1.807, 2.05) is 42.2 Å². The Labute approximate surface area is 232 Å². The van der Waals surface area contributed by atoms with Crippen LogP contribution < -0.4 is 19.5 Å². The van der Waals surface area contributed by atoms with Crippen LogP contribution in [0.2, 0.25) is 0 Å². The first-order chi connectivity index (χ1) is 18.8. The first-order valence-corrected chi connectivity index (χ1v) is 13.5. The summed E-state index contributed by atoms with van der Waals surface area (Å²) < 4.78 is 16.0. The van der Waals surface area contributed by atoms with Crippen LogP contribution in [-0.2, 0) is 35.4 Å². The van der Waals surface area contributed by atoms with Crippen molar-refractivity contribution in [2.24, 2.45) is 0 Å². The molecule has 0 spiro atoms. The number of nitriles is 1. The van der Waals surface area contributed by atoms with E-state index in [9.17, 15) is 14.9 Å². The van der Waals surface area contributed by atoms with Gasteiger partial charge in [-0.1, -0.05) is 0 Å². The Morgan fingerprint density at radius 3 is 2.59 bits per heavy atom. The van der Waals surface area contributed by atoms with Gasteiger partial charge in [-0.2, -0.15) is 5.26 Å². The molecule has 1 aliphatic rings. The first kappa shape index (κ1) is 27.9. The highest BCUT2D eigenvalue weighted by Gasteiger charge is 2.27. The third kappa shape index (κ3) is 6.67. The number of benzene rings is 1. The second-order valence-corrected chi connectivity index (χ2v) is 10.4. The summed E-state index contributed by atoms with van der Waals surface area (Å²) in [5, 5.41) is 13.3. The lowest BCUT2D eigenvalue weighted by Gasteiger charge is -2.27. The minimum absolute atomic E-state index is 0.0349. The van der Waals surface area contributed by atoms with Crippen LogP contribution in [-0.4, -0.2) is 49.6 Å². The molecule has 2 amide bonds. The Balaban J connectivity index is 1.38. The monoisotopic (exact) mass is 548 g/mol. The van der Waals surface area contributed by atoms with Crippen LogP contribution >= 0.6 is 11.3 Å². The van der Waals surface area contributed by atoms with Gasteiger partial charge in [-0.25, -0.2) is 0 Å². The molecular weight excluding hydrogens is 516 g/mol. The minimum atomic E-state index is -0.191. The van der Waals surface area contributed by atoms with Crippen molar-refractivity contribution in [1.29, 1.82) is 5.26 Å². The predicted octanol–water partition coefficient (Wildman–Crippen LogP) is 4.44. The summed E-state index contributed by atoms with van der Waals surface area (Å²) in [7, 11) is 4.79. The van der Waals surface area contributed by atoms with Crippen molar-refractivity contribution in [3.05, 3.63) is 63.3 Å². The van der Waals surface area contributed by atoms with Crippen LogP contribution in [0.5, 0.6) is 17.2 Å². The third-order valence-electron chi connectivity index (χ3n) is 6.69. The molecule has 0 aliphatic carbocycles. The molecule has 3 heterocycles. The summed E-state index contributed by atoms with van der Waals surface area (Å²) in [4.78, 5) is 33.1. The van der Waals surface area contributed by atoms with Crippen molar-refractivity contribution in [1.82, 2.24) is 9.88 Å². The molecular formula is C29H32N4O5S. The van der Waals surface area contributed by atoms with Crippen molar-refractivity contribution in [2.45, 2.75) is 45.6 Å². The quantitative estimate of drug-likeness (QED) is 0.398. The van der Waals surface area contributed by atoms with E-state index in [1.54, 1.807) is 21.3 Å². The molecule has 0 saturated carbocycles. The molecule has 9 nitrogen and oxygen atoms in total. The third-order valence-corrected chi connectivity index (χ3v) is 7.83. The molecule has 0 saturated heterocycles. The van der Waals surface area contributed by atoms with Gasteiger partial charge in [-0.05, 0) is 55.5 Å². The fourth-order valence-corrected chi connectivity index (χ4v) is 5.91. The van der Waals surface area contributed by atoms with Gasteiger partial charge in [0.2, 0.25) is 11.8 Å². The zero-order valence-electron chi connectivity index (χ0n) is 22.6. The molecule has 0 atom stereocenters. The molecule has 0 unspecified atom stereocenters. The zero-order valence-corrected chi connectivity index (χ0v) is 23.4. The molecule has 0 fully saturated rings. The van der Waals surface area contributed by atoms with Crippen LogP contribution in [0.4, 0.5) is 5.00 Å². The maximum atomic E-state index is 13.0. The number of ether oxygens (including phenoxy) is 3. The highest BCUT2D eigenvalue weighted by atomic mass is 32.1. The van der Waals surface area contributed by atoms with Crippen LogP contribution in [0, 0.1) is 18.3 Å². The number of fused-ring (bicyclic) bond motifs is 1. The second-order valence-electron chi connectivity index (χ2n) is 9.25. The van der Waals surface area contributed by atoms with Gasteiger partial charge in [-0.15, -0.1) is 11.3 Å². The van der Waals surface area contributed by atoms with E-state index in [1.165, 1.54) is 11.3 Å². The molecule has 0 bridgehead atoms. The largest absolute Gasteiger partial charge is 0.497 e. The zero-order chi connectivity index (χ0) is 27.9. The van der Waals surface area contributed by atoms with Gasteiger partial charge >= 0.3 is 0 Å². The molecule has 204 valence electrons. The standard InChI is InChI=1S/C29H32N4O5S/c1-18-13-22(37-3)15-20(31-18)6-10-28(35)33-12-11-23-24(16-30)29(39-26(23)17-33)32-27(34)9-5-19-14-21(36-2)7-8-25(19)38-4/h7-8,13-15H,5-6,9-12,17H2,1-4H3,(H,32,34). The summed E-state index contributed by atoms with van der Waals surface area (Å²) in [6.45, 7) is 2.86. The first-order valence-electron chi connectivity index (χ1n) is 12.7. The number of nitrogens with one attached hydrogen (secondary N) is 1. The van der Waals surface area contributed by atoms with Crippen molar-refractivity contribution in [3.63, 3.8) is 0 Å². The summed E-state index contributed by atoms with van der Waals surface area (Å²) in [5.41, 5.74) is 3.94. The Hall–Kier alpha value is -4.10. The van der Waals surface area contributed by atoms with Gasteiger partial charge in [-0.3, -0.25) is 14.6 Å². The van der Waals surface area contributed by atoms with E-state index in [0.29, 0.717) is 60.8 Å². The Morgan fingerprint density at radius 2 is 1.87 bits per heavy atom. The van der Waals surface area contributed by atoms with Crippen molar-refractivity contribution < 1.29 is 23.8 Å². The lowest BCUT2D eigenvalue weighted by molar-refractivity contribution is -0.132. The average molecular weight is 549 g/mol. The Morgan fingerprint density at radius 1 is 1.08 bits per heavy atom. The van der Waals surface area contributed by atoms with E-state index < -0.39 is 0 Å². The van der Waals surface area contributed by atoms with Crippen molar-refractivity contribution in [2.75, 3.05) is 33.2 Å². The molecule has 39 heavy (non-hydrogen) atoms. The molecule has 2 aromatic heterocycles. The highest BCUT2D eigenvalue weighted by Crippen LogP contribution is 2.37. The van der Waals surface area contributed by atoms with Gasteiger partial charge in [0.05, 0.1) is 33.4 Å². The number of hydrogen-bond acceptors (Lipinski definition) is 8. The van der Waals surface area contributed by atoms with Crippen molar-refractivity contribution >= 4 is 28.2 Å². The van der Waals surface area contributed by atoms with Crippen LogP contribution in [0.3, 0.4) is 0 Å². The van der Waals surface area contributed by atoms with Crippen LogP contribution in [0.1, 0.15) is 45.8 Å². The summed E-state index contributed by atoms with van der Waals surface area (Å²) in [6, 6.07) is 11.4. The molecule has 1 aliphatic heterocycles. The number of hydrogen-bond donors (Lipinski definition) is 1. The number of pyridine rings is 1. The lowest BCUT2D eigenvalue weighted by Crippen LogP contribution is -2.35. The summed E-state index contributed by atoms with van der Waals surface area (Å²) in [6.07, 6.45) is 2.12. The SMILES string of the molecule is COc1cc(C)nc(CCC(=O)N2CCc3c(sc(NC(=O)CCc4cc(OC)ccc4OC)c3C#N)C2)c1. The predicted molar refractivity (Wildman–Crippen MR) is 148 cm³/mol. The average Bonchev–Trinajstić information content (AvgIpc) is 3.30. The Kier molecular flexibility index (Phi) is 9.04. The minimum Gasteiger partial charge on any atom is -0.497 e. The molecule has 3 aromatic rings. The molecule has 1 N–H and O–H groups in total. The molecule has 4 rings (SSSR count). The second kappa shape index (κ2) is 12.6. The topological polar surface area (TPSA) is 114 Å². The van der Waals surface area contributed by atoms with Crippen molar-refractivity contribution in [3.8, 4) is 23.3 Å². The number of carbonyl (C=O) groups is 2. The number of anilines is 1. The number of rotatable bonds is 10. The lowest BCUT2D eigenvalue weighted by atomic mass is 10.0. The number of thiophene rings is 1. The number of methoxy groups -OCH3 is 3. The van der Waals surface area contributed by atoms with Crippen LogP contribution in [0.25, 0.3) is 0 Å². The fourth-order valence-electron chi connectivity index (χ4n) is 4.68. The van der Waals surface area contributed by atoms with Gasteiger partial charge < -0.3 is 24.4 Å². The normalized spacial score (nSPS) is 12.3. The number of aryl methyl sites for hydroxylation is 3. The fraction of sp³-hybridized carbons (Fsp3) is 0.379.